The van der Waals surface area contributed by atoms with Crippen molar-refractivity contribution < 1.29 is 0 Å². The van der Waals surface area contributed by atoms with E-state index in [1.807, 2.05) is 11.3 Å². The highest BCUT2D eigenvalue weighted by molar-refractivity contribution is 7.11. The van der Waals surface area contributed by atoms with E-state index in [9.17, 15) is 0 Å². The lowest BCUT2D eigenvalue weighted by atomic mass is 9.88. The van der Waals surface area contributed by atoms with Crippen LogP contribution in [-0.4, -0.2) is 4.98 Å². The molecule has 2 aromatic rings. The van der Waals surface area contributed by atoms with Crippen molar-refractivity contribution in [2.24, 2.45) is 0 Å². The topological polar surface area (TPSA) is 24.9 Å². The van der Waals surface area contributed by atoms with E-state index < -0.39 is 0 Å². The maximum Gasteiger partial charge on any atom is 0.107 e. The molecular formula is C16H20N2S. The van der Waals surface area contributed by atoms with Crippen LogP contribution in [0.2, 0.25) is 0 Å². The van der Waals surface area contributed by atoms with Gasteiger partial charge in [0.25, 0.3) is 0 Å². The van der Waals surface area contributed by atoms with Crippen LogP contribution in [0.5, 0.6) is 0 Å². The van der Waals surface area contributed by atoms with Crippen molar-refractivity contribution in [2.75, 3.05) is 0 Å². The van der Waals surface area contributed by atoms with E-state index in [4.69, 9.17) is 0 Å². The highest BCUT2D eigenvalue weighted by Crippen LogP contribution is 2.30. The minimum absolute atomic E-state index is 0.495. The maximum absolute atomic E-state index is 4.61. The summed E-state index contributed by atoms with van der Waals surface area (Å²) in [6.07, 6.45) is 3.74. The lowest BCUT2D eigenvalue weighted by Crippen LogP contribution is -2.24. The summed E-state index contributed by atoms with van der Waals surface area (Å²) in [6.45, 7) is 5.12. The molecule has 1 aliphatic carbocycles. The van der Waals surface area contributed by atoms with Gasteiger partial charge in [-0.15, -0.1) is 11.3 Å². The first-order chi connectivity index (χ1) is 9.24. The van der Waals surface area contributed by atoms with Gasteiger partial charge in [0.2, 0.25) is 0 Å². The molecule has 1 heterocycles. The summed E-state index contributed by atoms with van der Waals surface area (Å²) < 4.78 is 0. The summed E-state index contributed by atoms with van der Waals surface area (Å²) in [6, 6.07) is 9.32. The number of nitrogens with zero attached hydrogens (tertiary/aromatic N) is 1. The molecule has 1 aliphatic rings. The SMILES string of the molecule is Cc1nc(CNC2CCCc3ccccc32)sc1C. The highest BCUT2D eigenvalue weighted by Gasteiger charge is 2.19. The molecule has 0 saturated heterocycles. The molecule has 0 radical (unpaired) electrons. The van der Waals surface area contributed by atoms with Gasteiger partial charge >= 0.3 is 0 Å². The first-order valence-electron chi connectivity index (χ1n) is 6.98. The zero-order valence-electron chi connectivity index (χ0n) is 11.6. The van der Waals surface area contributed by atoms with Crippen LogP contribution < -0.4 is 5.32 Å². The molecule has 0 spiro atoms. The molecule has 0 fully saturated rings. The van der Waals surface area contributed by atoms with Crippen LogP contribution in [0.1, 0.15) is 45.6 Å². The number of aryl methyl sites for hydroxylation is 3. The van der Waals surface area contributed by atoms with E-state index in [1.54, 1.807) is 0 Å². The van der Waals surface area contributed by atoms with Gasteiger partial charge in [0.15, 0.2) is 0 Å². The molecule has 1 aromatic carbocycles. The van der Waals surface area contributed by atoms with Gasteiger partial charge in [-0.2, -0.15) is 0 Å². The third-order valence-electron chi connectivity index (χ3n) is 3.94. The van der Waals surface area contributed by atoms with E-state index in [0.29, 0.717) is 6.04 Å². The molecule has 2 nitrogen and oxygen atoms in total. The van der Waals surface area contributed by atoms with E-state index in [2.05, 4.69) is 48.4 Å². The predicted octanol–water partition coefficient (Wildman–Crippen LogP) is 3.93. The molecule has 1 aromatic heterocycles. The quantitative estimate of drug-likeness (QED) is 0.916. The largest absolute Gasteiger partial charge is 0.304 e. The first-order valence-corrected chi connectivity index (χ1v) is 7.80. The second-order valence-corrected chi connectivity index (χ2v) is 6.56. The molecule has 0 aliphatic heterocycles. The van der Waals surface area contributed by atoms with Crippen LogP contribution >= 0.6 is 11.3 Å². The van der Waals surface area contributed by atoms with Crippen LogP contribution in [0.3, 0.4) is 0 Å². The Balaban J connectivity index is 1.71. The number of rotatable bonds is 3. The summed E-state index contributed by atoms with van der Waals surface area (Å²) in [4.78, 5) is 5.94. The van der Waals surface area contributed by atoms with E-state index in [1.165, 1.54) is 46.0 Å². The average Bonchev–Trinajstić information content (AvgIpc) is 2.75. The number of thiazole rings is 1. The lowest BCUT2D eigenvalue weighted by molar-refractivity contribution is 0.458. The van der Waals surface area contributed by atoms with Crippen molar-refractivity contribution in [1.82, 2.24) is 10.3 Å². The fourth-order valence-electron chi connectivity index (χ4n) is 2.79. The number of aromatic nitrogens is 1. The first kappa shape index (κ1) is 12.8. The molecule has 0 amide bonds. The van der Waals surface area contributed by atoms with Crippen molar-refractivity contribution in [3.05, 3.63) is 51.0 Å². The molecule has 100 valence electrons. The summed E-state index contributed by atoms with van der Waals surface area (Å²) in [5.74, 6) is 0. The van der Waals surface area contributed by atoms with Gasteiger partial charge in [-0.25, -0.2) is 4.98 Å². The van der Waals surface area contributed by atoms with Gasteiger partial charge in [-0.1, -0.05) is 24.3 Å². The molecule has 3 heteroatoms. The Labute approximate surface area is 118 Å². The van der Waals surface area contributed by atoms with Crippen LogP contribution in [0.4, 0.5) is 0 Å². The van der Waals surface area contributed by atoms with E-state index in [-0.39, 0.29) is 0 Å². The second kappa shape index (κ2) is 5.43. The Bertz CT molecular complexity index is 554. The Hall–Kier alpha value is -1.19. The fourth-order valence-corrected chi connectivity index (χ4v) is 3.68. The zero-order chi connectivity index (χ0) is 13.2. The number of hydrogen-bond acceptors (Lipinski definition) is 3. The Kier molecular flexibility index (Phi) is 3.67. The van der Waals surface area contributed by atoms with Crippen molar-refractivity contribution in [1.29, 1.82) is 0 Å². The molecule has 3 rings (SSSR count). The standard InChI is InChI=1S/C16H20N2S/c1-11-12(2)19-16(18-11)10-17-15-9-5-7-13-6-3-4-8-14(13)15/h3-4,6,8,15,17H,5,7,9-10H2,1-2H3. The smallest absolute Gasteiger partial charge is 0.107 e. The van der Waals surface area contributed by atoms with Crippen LogP contribution in [0.25, 0.3) is 0 Å². The average molecular weight is 272 g/mol. The van der Waals surface area contributed by atoms with Crippen molar-refractivity contribution in [3.63, 3.8) is 0 Å². The Morgan fingerprint density at radius 2 is 2.16 bits per heavy atom. The minimum atomic E-state index is 0.495. The van der Waals surface area contributed by atoms with Crippen molar-refractivity contribution in [2.45, 2.75) is 45.7 Å². The summed E-state index contributed by atoms with van der Waals surface area (Å²) >= 11 is 1.81. The number of hydrogen-bond donors (Lipinski definition) is 1. The Morgan fingerprint density at radius 3 is 2.95 bits per heavy atom. The van der Waals surface area contributed by atoms with E-state index in [0.717, 1.165) is 6.54 Å². The van der Waals surface area contributed by atoms with Gasteiger partial charge < -0.3 is 5.32 Å². The molecule has 0 bridgehead atoms. The molecule has 1 N–H and O–H groups in total. The molecule has 1 atom stereocenters. The van der Waals surface area contributed by atoms with Gasteiger partial charge in [-0.3, -0.25) is 0 Å². The molecule has 19 heavy (non-hydrogen) atoms. The van der Waals surface area contributed by atoms with Gasteiger partial charge in [0.05, 0.1) is 5.69 Å². The minimum Gasteiger partial charge on any atom is -0.304 e. The summed E-state index contributed by atoms with van der Waals surface area (Å²) in [7, 11) is 0. The monoisotopic (exact) mass is 272 g/mol. The summed E-state index contributed by atoms with van der Waals surface area (Å²) in [5.41, 5.74) is 4.17. The zero-order valence-corrected chi connectivity index (χ0v) is 12.4. The molecule has 0 saturated carbocycles. The number of nitrogens with one attached hydrogen (secondary N) is 1. The van der Waals surface area contributed by atoms with Gasteiger partial charge in [-0.05, 0) is 44.2 Å². The maximum atomic E-state index is 4.61. The van der Waals surface area contributed by atoms with Gasteiger partial charge in [0, 0.05) is 17.5 Å². The number of benzene rings is 1. The van der Waals surface area contributed by atoms with Crippen LogP contribution in [-0.2, 0) is 13.0 Å². The van der Waals surface area contributed by atoms with Gasteiger partial charge in [0.1, 0.15) is 5.01 Å². The molecule has 1 unspecified atom stereocenters. The lowest BCUT2D eigenvalue weighted by Gasteiger charge is -2.26. The van der Waals surface area contributed by atoms with E-state index >= 15 is 0 Å². The van der Waals surface area contributed by atoms with Crippen LogP contribution in [0.15, 0.2) is 24.3 Å². The number of fused-ring (bicyclic) bond motifs is 1. The second-order valence-electron chi connectivity index (χ2n) is 5.27. The molecular weight excluding hydrogens is 252 g/mol. The third kappa shape index (κ3) is 2.72. The summed E-state index contributed by atoms with van der Waals surface area (Å²) in [5, 5.41) is 4.89. The van der Waals surface area contributed by atoms with Crippen LogP contribution in [0, 0.1) is 13.8 Å². The van der Waals surface area contributed by atoms with Crippen molar-refractivity contribution in [3.8, 4) is 0 Å². The third-order valence-corrected chi connectivity index (χ3v) is 5.01. The Morgan fingerprint density at radius 1 is 1.32 bits per heavy atom. The fraction of sp³-hybridized carbons (Fsp3) is 0.438. The highest BCUT2D eigenvalue weighted by atomic mass is 32.1. The van der Waals surface area contributed by atoms with Crippen molar-refractivity contribution >= 4 is 11.3 Å². The predicted molar refractivity (Wildman–Crippen MR) is 80.5 cm³/mol. The normalized spacial score (nSPS) is 18.3.